The molecular weight excluding hydrogens is 273 g/mol. The predicted molar refractivity (Wildman–Crippen MR) is 67.2 cm³/mol. The minimum atomic E-state index is -0.947. The number of carboxylic acids is 1. The molecule has 1 fully saturated rings. The maximum Gasteiger partial charge on any atom is 0.307 e. The van der Waals surface area contributed by atoms with Crippen molar-refractivity contribution < 1.29 is 19.1 Å². The first-order chi connectivity index (χ1) is 8.90. The third-order valence-corrected chi connectivity index (χ3v) is 3.54. The van der Waals surface area contributed by atoms with E-state index in [1.165, 1.54) is 18.2 Å². The Hall–Kier alpha value is -1.62. The summed E-state index contributed by atoms with van der Waals surface area (Å²) in [6.45, 7) is 1.74. The van der Waals surface area contributed by atoms with E-state index in [0.29, 0.717) is 12.0 Å². The molecule has 1 amide bonds. The van der Waals surface area contributed by atoms with Crippen LogP contribution in [0.4, 0.5) is 4.39 Å². The van der Waals surface area contributed by atoms with Crippen LogP contribution in [0.25, 0.3) is 0 Å². The molecule has 0 radical (unpaired) electrons. The summed E-state index contributed by atoms with van der Waals surface area (Å²) < 4.78 is 13.0. The largest absolute Gasteiger partial charge is 0.481 e. The van der Waals surface area contributed by atoms with Crippen LogP contribution < -0.4 is 5.32 Å². The molecule has 1 aliphatic carbocycles. The van der Waals surface area contributed by atoms with Gasteiger partial charge in [0, 0.05) is 0 Å². The molecule has 3 atom stereocenters. The van der Waals surface area contributed by atoms with E-state index in [-0.39, 0.29) is 17.0 Å². The number of carboxylic acid groups (broad SMARTS) is 1. The van der Waals surface area contributed by atoms with Crippen LogP contribution in [0.2, 0.25) is 5.02 Å². The lowest BCUT2D eigenvalue weighted by Gasteiger charge is -2.14. The maximum atomic E-state index is 13.0. The highest BCUT2D eigenvalue weighted by molar-refractivity contribution is 6.30. The summed E-state index contributed by atoms with van der Waals surface area (Å²) in [5, 5.41) is 11.5. The van der Waals surface area contributed by atoms with Gasteiger partial charge in [0.1, 0.15) is 5.82 Å². The quantitative estimate of drug-likeness (QED) is 0.892. The van der Waals surface area contributed by atoms with Crippen LogP contribution in [0, 0.1) is 17.7 Å². The van der Waals surface area contributed by atoms with Gasteiger partial charge in [0.2, 0.25) is 5.91 Å². The molecule has 6 heteroatoms. The van der Waals surface area contributed by atoms with E-state index >= 15 is 0 Å². The number of carbonyl (C=O) groups is 2. The van der Waals surface area contributed by atoms with Gasteiger partial charge in [0.25, 0.3) is 0 Å². The van der Waals surface area contributed by atoms with E-state index in [1.807, 2.05) is 0 Å². The van der Waals surface area contributed by atoms with Gasteiger partial charge < -0.3 is 10.4 Å². The van der Waals surface area contributed by atoms with Crippen LogP contribution in [0.15, 0.2) is 18.2 Å². The molecule has 0 spiro atoms. The van der Waals surface area contributed by atoms with Gasteiger partial charge in [-0.05, 0) is 31.0 Å². The SMILES string of the molecule is CC(NC(=O)C1CC1C(=O)O)c1ccc(F)c(Cl)c1. The minimum Gasteiger partial charge on any atom is -0.481 e. The van der Waals surface area contributed by atoms with E-state index in [9.17, 15) is 14.0 Å². The number of hydrogen-bond acceptors (Lipinski definition) is 2. The molecule has 3 unspecified atom stereocenters. The van der Waals surface area contributed by atoms with Gasteiger partial charge in [-0.3, -0.25) is 9.59 Å². The Morgan fingerprint density at radius 2 is 2.16 bits per heavy atom. The molecule has 0 aromatic heterocycles. The smallest absolute Gasteiger partial charge is 0.307 e. The van der Waals surface area contributed by atoms with E-state index < -0.39 is 23.6 Å². The number of hydrogen-bond donors (Lipinski definition) is 2. The van der Waals surface area contributed by atoms with Crippen LogP contribution in [-0.4, -0.2) is 17.0 Å². The van der Waals surface area contributed by atoms with E-state index in [2.05, 4.69) is 5.32 Å². The van der Waals surface area contributed by atoms with Gasteiger partial charge in [-0.15, -0.1) is 0 Å². The van der Waals surface area contributed by atoms with Crippen LogP contribution >= 0.6 is 11.6 Å². The zero-order valence-electron chi connectivity index (χ0n) is 10.2. The fraction of sp³-hybridized carbons (Fsp3) is 0.385. The molecule has 4 nitrogen and oxygen atoms in total. The Balaban J connectivity index is 1.97. The van der Waals surface area contributed by atoms with Crippen molar-refractivity contribution in [3.63, 3.8) is 0 Å². The van der Waals surface area contributed by atoms with Crippen molar-refractivity contribution in [3.8, 4) is 0 Å². The summed E-state index contributed by atoms with van der Waals surface area (Å²) in [4.78, 5) is 22.4. The monoisotopic (exact) mass is 285 g/mol. The van der Waals surface area contributed by atoms with Gasteiger partial charge in [0.05, 0.1) is 22.9 Å². The van der Waals surface area contributed by atoms with Gasteiger partial charge in [-0.2, -0.15) is 0 Å². The van der Waals surface area contributed by atoms with Crippen LogP contribution in [0.5, 0.6) is 0 Å². The highest BCUT2D eigenvalue weighted by atomic mass is 35.5. The Bertz CT molecular complexity index is 535. The molecule has 19 heavy (non-hydrogen) atoms. The topological polar surface area (TPSA) is 66.4 Å². The zero-order valence-corrected chi connectivity index (χ0v) is 10.9. The fourth-order valence-electron chi connectivity index (χ4n) is 1.94. The molecule has 2 N–H and O–H groups in total. The Kier molecular flexibility index (Phi) is 3.75. The highest BCUT2D eigenvalue weighted by Crippen LogP contribution is 2.39. The first-order valence-corrected chi connectivity index (χ1v) is 6.26. The molecule has 0 heterocycles. The molecule has 1 saturated carbocycles. The summed E-state index contributed by atoms with van der Waals surface area (Å²) in [5.41, 5.74) is 0.673. The zero-order chi connectivity index (χ0) is 14.2. The van der Waals surface area contributed by atoms with Gasteiger partial charge in [-0.1, -0.05) is 17.7 Å². The second-order valence-corrected chi connectivity index (χ2v) is 5.10. The van der Waals surface area contributed by atoms with Gasteiger partial charge >= 0.3 is 5.97 Å². The Morgan fingerprint density at radius 1 is 1.47 bits per heavy atom. The number of benzene rings is 1. The van der Waals surface area contributed by atoms with Crippen molar-refractivity contribution in [3.05, 3.63) is 34.6 Å². The van der Waals surface area contributed by atoms with Crippen molar-refractivity contribution in [1.29, 1.82) is 0 Å². The highest BCUT2D eigenvalue weighted by Gasteiger charge is 2.48. The number of aliphatic carboxylic acids is 1. The Labute approximate surface area is 114 Å². The first kappa shape index (κ1) is 13.8. The Morgan fingerprint density at radius 3 is 2.68 bits per heavy atom. The van der Waals surface area contributed by atoms with E-state index in [4.69, 9.17) is 16.7 Å². The molecule has 2 rings (SSSR count). The summed E-state index contributed by atoms with van der Waals surface area (Å²) in [7, 11) is 0. The lowest BCUT2D eigenvalue weighted by atomic mass is 10.1. The third-order valence-electron chi connectivity index (χ3n) is 3.25. The molecule has 1 aliphatic rings. The van der Waals surface area contributed by atoms with Crippen molar-refractivity contribution in [1.82, 2.24) is 5.32 Å². The molecule has 1 aromatic rings. The summed E-state index contributed by atoms with van der Waals surface area (Å²) >= 11 is 5.67. The molecule has 0 aliphatic heterocycles. The van der Waals surface area contributed by atoms with Gasteiger partial charge in [-0.25, -0.2) is 4.39 Å². The number of carbonyl (C=O) groups excluding carboxylic acids is 1. The van der Waals surface area contributed by atoms with E-state index in [1.54, 1.807) is 6.92 Å². The standard InChI is InChI=1S/C13H13ClFNO3/c1-6(7-2-3-11(15)10(14)4-7)16-12(17)8-5-9(8)13(18)19/h2-4,6,8-9H,5H2,1H3,(H,16,17)(H,18,19). The normalized spacial score (nSPS) is 22.7. The van der Waals surface area contributed by atoms with Crippen LogP contribution in [0.3, 0.4) is 0 Å². The third kappa shape index (κ3) is 3.04. The minimum absolute atomic E-state index is 0.00608. The number of nitrogens with one attached hydrogen (secondary N) is 1. The van der Waals surface area contributed by atoms with Crippen LogP contribution in [-0.2, 0) is 9.59 Å². The summed E-state index contributed by atoms with van der Waals surface area (Å²) in [5.74, 6) is -2.80. The average molecular weight is 286 g/mol. The summed E-state index contributed by atoms with van der Waals surface area (Å²) in [6, 6.07) is 3.87. The lowest BCUT2D eigenvalue weighted by Crippen LogP contribution is -2.29. The van der Waals surface area contributed by atoms with Crippen molar-refractivity contribution in [2.75, 3.05) is 0 Å². The molecule has 0 saturated heterocycles. The fourth-order valence-corrected chi connectivity index (χ4v) is 2.13. The molecule has 0 bridgehead atoms. The number of halogens is 2. The van der Waals surface area contributed by atoms with E-state index in [0.717, 1.165) is 0 Å². The second kappa shape index (κ2) is 5.17. The van der Waals surface area contributed by atoms with Crippen molar-refractivity contribution in [2.24, 2.45) is 11.8 Å². The second-order valence-electron chi connectivity index (χ2n) is 4.69. The number of rotatable bonds is 4. The molecule has 102 valence electrons. The molecule has 1 aromatic carbocycles. The summed E-state index contributed by atoms with van der Waals surface area (Å²) in [6.07, 6.45) is 0.373. The maximum absolute atomic E-state index is 13.0. The lowest BCUT2D eigenvalue weighted by molar-refractivity contribution is -0.140. The van der Waals surface area contributed by atoms with Crippen LogP contribution in [0.1, 0.15) is 24.9 Å². The van der Waals surface area contributed by atoms with Crippen molar-refractivity contribution in [2.45, 2.75) is 19.4 Å². The van der Waals surface area contributed by atoms with Gasteiger partial charge in [0.15, 0.2) is 0 Å². The van der Waals surface area contributed by atoms with Crippen molar-refractivity contribution >= 4 is 23.5 Å². The predicted octanol–water partition coefficient (Wildman–Crippen LogP) is 2.38. The number of amides is 1. The first-order valence-electron chi connectivity index (χ1n) is 5.88. The average Bonchev–Trinajstić information content (AvgIpc) is 3.12. The molecular formula is C13H13ClFNO3.